The van der Waals surface area contributed by atoms with Crippen molar-refractivity contribution in [3.8, 4) is 0 Å². The number of benzene rings is 1. The van der Waals surface area contributed by atoms with Gasteiger partial charge in [0, 0.05) is 0 Å². The van der Waals surface area contributed by atoms with Gasteiger partial charge in [-0.25, -0.2) is 0 Å². The van der Waals surface area contributed by atoms with Crippen LogP contribution in [0.4, 0.5) is 0 Å². The fourth-order valence-corrected chi connectivity index (χ4v) is 1.53. The lowest BCUT2D eigenvalue weighted by molar-refractivity contribution is 0.140. The third kappa shape index (κ3) is 2.31. The zero-order chi connectivity index (χ0) is 9.31. The monoisotopic (exact) mass is 176 g/mol. The Labute approximate surface area is 79.4 Å². The highest BCUT2D eigenvalue weighted by Crippen LogP contribution is 2.39. The molecule has 0 unspecified atom stereocenters. The van der Waals surface area contributed by atoms with E-state index in [1.54, 1.807) is 0 Å². The van der Waals surface area contributed by atoms with Crippen LogP contribution in [-0.2, 0) is 6.42 Å². The van der Waals surface area contributed by atoms with Crippen molar-refractivity contribution in [2.75, 3.05) is 0 Å². The van der Waals surface area contributed by atoms with Crippen LogP contribution in [0.1, 0.15) is 30.4 Å². The summed E-state index contributed by atoms with van der Waals surface area (Å²) in [4.78, 5) is 0. The highest BCUT2D eigenvalue weighted by molar-refractivity contribution is 5.21. The summed E-state index contributed by atoms with van der Waals surface area (Å²) in [5.41, 5.74) is 2.34. The van der Waals surface area contributed by atoms with E-state index in [4.69, 9.17) is 0 Å². The molecule has 1 saturated carbocycles. The summed E-state index contributed by atoms with van der Waals surface area (Å²) in [6.45, 7) is 2.10. The molecule has 0 atom stereocenters. The van der Waals surface area contributed by atoms with Crippen LogP contribution in [0.2, 0.25) is 0 Å². The van der Waals surface area contributed by atoms with Gasteiger partial charge in [0.15, 0.2) is 0 Å². The Balaban J connectivity index is 1.91. The number of rotatable bonds is 3. The maximum Gasteiger partial charge on any atom is 0.0653 e. The highest BCUT2D eigenvalue weighted by atomic mass is 16.3. The Morgan fingerprint density at radius 1 is 1.23 bits per heavy atom. The van der Waals surface area contributed by atoms with Crippen LogP contribution in [0, 0.1) is 6.92 Å². The van der Waals surface area contributed by atoms with Crippen LogP contribution in [0.15, 0.2) is 24.3 Å². The van der Waals surface area contributed by atoms with Gasteiger partial charge in [0.1, 0.15) is 0 Å². The van der Waals surface area contributed by atoms with E-state index in [-0.39, 0.29) is 5.60 Å². The van der Waals surface area contributed by atoms with Crippen LogP contribution >= 0.6 is 0 Å². The predicted molar refractivity (Wildman–Crippen MR) is 53.7 cm³/mol. The molecule has 0 amide bonds. The Morgan fingerprint density at radius 3 is 2.38 bits per heavy atom. The zero-order valence-electron chi connectivity index (χ0n) is 8.09. The summed E-state index contributed by atoms with van der Waals surface area (Å²) < 4.78 is 0. The maximum atomic E-state index is 9.64. The first-order chi connectivity index (χ1) is 6.18. The first-order valence-electron chi connectivity index (χ1n) is 4.96. The van der Waals surface area contributed by atoms with Gasteiger partial charge < -0.3 is 5.11 Å². The van der Waals surface area contributed by atoms with E-state index >= 15 is 0 Å². The number of hydrogen-bond acceptors (Lipinski definition) is 1. The van der Waals surface area contributed by atoms with Gasteiger partial charge in [-0.05, 0) is 38.2 Å². The molecule has 2 rings (SSSR count). The van der Waals surface area contributed by atoms with Crippen molar-refractivity contribution in [3.63, 3.8) is 0 Å². The molecule has 1 aromatic carbocycles. The van der Waals surface area contributed by atoms with Crippen LogP contribution < -0.4 is 0 Å². The summed E-state index contributed by atoms with van der Waals surface area (Å²) in [7, 11) is 0. The molecule has 0 spiro atoms. The van der Waals surface area contributed by atoms with Crippen LogP contribution in [0.5, 0.6) is 0 Å². The van der Waals surface area contributed by atoms with Crippen molar-refractivity contribution in [1.29, 1.82) is 0 Å². The minimum Gasteiger partial charge on any atom is -0.390 e. The molecule has 70 valence electrons. The average Bonchev–Trinajstić information content (AvgIpc) is 2.84. The highest BCUT2D eigenvalue weighted by Gasteiger charge is 2.39. The quantitative estimate of drug-likeness (QED) is 0.750. The molecule has 1 fully saturated rings. The third-order valence-electron chi connectivity index (χ3n) is 2.83. The Kier molecular flexibility index (Phi) is 2.12. The SMILES string of the molecule is Cc1ccc(CCC2(O)CC2)cc1. The molecule has 0 bridgehead atoms. The summed E-state index contributed by atoms with van der Waals surface area (Å²) >= 11 is 0. The summed E-state index contributed by atoms with van der Waals surface area (Å²) in [6, 6.07) is 8.57. The molecule has 1 heteroatoms. The number of aryl methyl sites for hydroxylation is 2. The first kappa shape index (κ1) is 8.76. The van der Waals surface area contributed by atoms with Gasteiger partial charge in [-0.15, -0.1) is 0 Å². The van der Waals surface area contributed by atoms with Crippen LogP contribution in [0.25, 0.3) is 0 Å². The molecular weight excluding hydrogens is 160 g/mol. The molecule has 1 aliphatic carbocycles. The Hall–Kier alpha value is -0.820. The van der Waals surface area contributed by atoms with E-state index in [1.807, 2.05) is 0 Å². The average molecular weight is 176 g/mol. The van der Waals surface area contributed by atoms with E-state index in [0.29, 0.717) is 0 Å². The molecule has 1 aromatic rings. The molecule has 1 N–H and O–H groups in total. The topological polar surface area (TPSA) is 20.2 Å². The largest absolute Gasteiger partial charge is 0.390 e. The fraction of sp³-hybridized carbons (Fsp3) is 0.500. The zero-order valence-corrected chi connectivity index (χ0v) is 8.09. The van der Waals surface area contributed by atoms with E-state index in [2.05, 4.69) is 31.2 Å². The lowest BCUT2D eigenvalue weighted by Crippen LogP contribution is -2.07. The standard InChI is InChI=1S/C12H16O/c1-10-2-4-11(5-3-10)6-7-12(13)8-9-12/h2-5,13H,6-9H2,1H3. The third-order valence-corrected chi connectivity index (χ3v) is 2.83. The summed E-state index contributed by atoms with van der Waals surface area (Å²) in [5, 5.41) is 9.64. The molecule has 0 aromatic heterocycles. The van der Waals surface area contributed by atoms with E-state index < -0.39 is 0 Å². The van der Waals surface area contributed by atoms with Gasteiger partial charge in [-0.3, -0.25) is 0 Å². The second-order valence-corrected chi connectivity index (χ2v) is 4.21. The second-order valence-electron chi connectivity index (χ2n) is 4.21. The molecule has 13 heavy (non-hydrogen) atoms. The van der Waals surface area contributed by atoms with Gasteiger partial charge in [0.25, 0.3) is 0 Å². The molecule has 0 heterocycles. The van der Waals surface area contributed by atoms with E-state index in [1.165, 1.54) is 11.1 Å². The van der Waals surface area contributed by atoms with Crippen LogP contribution in [0.3, 0.4) is 0 Å². The van der Waals surface area contributed by atoms with Gasteiger partial charge in [-0.2, -0.15) is 0 Å². The van der Waals surface area contributed by atoms with Crippen molar-refractivity contribution in [1.82, 2.24) is 0 Å². The van der Waals surface area contributed by atoms with Crippen molar-refractivity contribution in [2.24, 2.45) is 0 Å². The first-order valence-corrected chi connectivity index (χ1v) is 4.96. The molecule has 1 nitrogen and oxygen atoms in total. The van der Waals surface area contributed by atoms with Crippen molar-refractivity contribution in [3.05, 3.63) is 35.4 Å². The normalized spacial score (nSPS) is 18.6. The van der Waals surface area contributed by atoms with Crippen molar-refractivity contribution >= 4 is 0 Å². The van der Waals surface area contributed by atoms with E-state index in [9.17, 15) is 5.11 Å². The lowest BCUT2D eigenvalue weighted by Gasteiger charge is -2.06. The number of aliphatic hydroxyl groups is 1. The molecule has 1 aliphatic rings. The maximum absolute atomic E-state index is 9.64. The van der Waals surface area contributed by atoms with Crippen molar-refractivity contribution < 1.29 is 5.11 Å². The van der Waals surface area contributed by atoms with Gasteiger partial charge in [-0.1, -0.05) is 29.8 Å². The fourth-order valence-electron chi connectivity index (χ4n) is 1.53. The number of hydrogen-bond donors (Lipinski definition) is 1. The van der Waals surface area contributed by atoms with Gasteiger partial charge >= 0.3 is 0 Å². The van der Waals surface area contributed by atoms with Gasteiger partial charge in [0.2, 0.25) is 0 Å². The minimum absolute atomic E-state index is 0.301. The van der Waals surface area contributed by atoms with E-state index in [0.717, 1.165) is 25.7 Å². The molecule has 0 radical (unpaired) electrons. The molecule has 0 saturated heterocycles. The Morgan fingerprint density at radius 2 is 1.85 bits per heavy atom. The summed E-state index contributed by atoms with van der Waals surface area (Å²) in [5.74, 6) is 0. The minimum atomic E-state index is -0.301. The molecular formula is C12H16O. The molecule has 0 aliphatic heterocycles. The van der Waals surface area contributed by atoms with Gasteiger partial charge in [0.05, 0.1) is 5.60 Å². The smallest absolute Gasteiger partial charge is 0.0653 e. The Bertz CT molecular complexity index is 282. The van der Waals surface area contributed by atoms with Crippen molar-refractivity contribution in [2.45, 2.75) is 38.2 Å². The second kappa shape index (κ2) is 3.15. The van der Waals surface area contributed by atoms with Crippen LogP contribution in [-0.4, -0.2) is 10.7 Å². The summed E-state index contributed by atoms with van der Waals surface area (Å²) in [6.07, 6.45) is 3.94. The predicted octanol–water partition coefficient (Wildman–Crippen LogP) is 2.45. The lowest BCUT2D eigenvalue weighted by atomic mass is 10.0.